The van der Waals surface area contributed by atoms with E-state index in [9.17, 15) is 9.50 Å². The molecule has 102 valence electrons. The lowest BCUT2D eigenvalue weighted by molar-refractivity contribution is 0.162. The second kappa shape index (κ2) is 5.30. The second-order valence-corrected chi connectivity index (χ2v) is 4.45. The van der Waals surface area contributed by atoms with Crippen LogP contribution >= 0.6 is 0 Å². The maximum absolute atomic E-state index is 13.2. The summed E-state index contributed by atoms with van der Waals surface area (Å²) in [5.41, 5.74) is 0.572. The summed E-state index contributed by atoms with van der Waals surface area (Å²) >= 11 is 0. The third-order valence-corrected chi connectivity index (χ3v) is 3.00. The molecule has 0 aliphatic rings. The Morgan fingerprint density at radius 1 is 1.25 bits per heavy atom. The number of fused-ring (bicyclic) bond motifs is 1. The van der Waals surface area contributed by atoms with E-state index in [1.165, 1.54) is 18.4 Å². The molecule has 0 aliphatic carbocycles. The Morgan fingerprint density at radius 3 is 2.90 bits per heavy atom. The van der Waals surface area contributed by atoms with Crippen LogP contribution in [0.5, 0.6) is 0 Å². The monoisotopic (exact) mass is 272 g/mol. The van der Waals surface area contributed by atoms with Crippen molar-refractivity contribution in [2.45, 2.75) is 6.10 Å². The number of nitrogens with zero attached hydrogens (tertiary/aromatic N) is 1. The number of rotatable bonds is 4. The molecular weight excluding hydrogens is 259 g/mol. The van der Waals surface area contributed by atoms with Crippen molar-refractivity contribution in [3.05, 3.63) is 60.3 Å². The first kappa shape index (κ1) is 12.6. The Balaban J connectivity index is 1.74. The Labute approximate surface area is 114 Å². The van der Waals surface area contributed by atoms with E-state index >= 15 is 0 Å². The second-order valence-electron chi connectivity index (χ2n) is 4.45. The van der Waals surface area contributed by atoms with Crippen LogP contribution < -0.4 is 5.32 Å². The number of pyridine rings is 1. The normalized spacial score (nSPS) is 12.5. The van der Waals surface area contributed by atoms with Crippen LogP contribution in [0.25, 0.3) is 10.9 Å². The van der Waals surface area contributed by atoms with Crippen molar-refractivity contribution in [1.29, 1.82) is 0 Å². The zero-order chi connectivity index (χ0) is 13.9. The van der Waals surface area contributed by atoms with Gasteiger partial charge in [0.1, 0.15) is 23.5 Å². The molecule has 0 saturated carbocycles. The first-order chi connectivity index (χ1) is 9.72. The lowest BCUT2D eigenvalue weighted by atomic mass is 10.2. The van der Waals surface area contributed by atoms with E-state index in [2.05, 4.69) is 10.3 Å². The van der Waals surface area contributed by atoms with Crippen molar-refractivity contribution in [2.75, 3.05) is 11.9 Å². The zero-order valence-electron chi connectivity index (χ0n) is 10.6. The van der Waals surface area contributed by atoms with Crippen molar-refractivity contribution in [3.8, 4) is 0 Å². The largest absolute Gasteiger partial charge is 0.467 e. The van der Waals surface area contributed by atoms with Gasteiger partial charge in [-0.2, -0.15) is 0 Å². The van der Waals surface area contributed by atoms with Gasteiger partial charge in [-0.3, -0.25) is 0 Å². The van der Waals surface area contributed by atoms with Gasteiger partial charge in [-0.15, -0.1) is 0 Å². The molecule has 20 heavy (non-hydrogen) atoms. The van der Waals surface area contributed by atoms with Gasteiger partial charge in [0.05, 0.1) is 11.8 Å². The lowest BCUT2D eigenvalue weighted by Gasteiger charge is -2.10. The molecule has 2 heterocycles. The Bertz CT molecular complexity index is 713. The summed E-state index contributed by atoms with van der Waals surface area (Å²) in [6, 6.07) is 11.5. The van der Waals surface area contributed by atoms with Crippen LogP contribution in [0.15, 0.2) is 53.1 Å². The van der Waals surface area contributed by atoms with E-state index in [1.807, 2.05) is 6.07 Å². The summed E-state index contributed by atoms with van der Waals surface area (Å²) in [6.45, 7) is 0.265. The third kappa shape index (κ3) is 2.62. The van der Waals surface area contributed by atoms with Gasteiger partial charge in [0.15, 0.2) is 0 Å². The Kier molecular flexibility index (Phi) is 3.35. The van der Waals surface area contributed by atoms with Gasteiger partial charge in [-0.05, 0) is 36.4 Å². The molecule has 0 fully saturated rings. The number of aliphatic hydroxyl groups is 1. The van der Waals surface area contributed by atoms with E-state index < -0.39 is 6.10 Å². The zero-order valence-corrected chi connectivity index (χ0v) is 10.6. The highest BCUT2D eigenvalue weighted by Crippen LogP contribution is 2.18. The molecule has 0 bridgehead atoms. The number of halogens is 1. The molecule has 2 N–H and O–H groups in total. The van der Waals surface area contributed by atoms with Gasteiger partial charge >= 0.3 is 0 Å². The topological polar surface area (TPSA) is 58.3 Å². The SMILES string of the molecule is OC(CNc1ccc2ccc(F)cc2n1)c1ccco1. The molecule has 3 rings (SSSR count). The molecule has 2 aromatic heterocycles. The minimum absolute atomic E-state index is 0.265. The molecule has 0 radical (unpaired) electrons. The maximum atomic E-state index is 13.2. The van der Waals surface area contributed by atoms with Crippen LogP contribution in [0.1, 0.15) is 11.9 Å². The van der Waals surface area contributed by atoms with E-state index in [1.54, 1.807) is 24.3 Å². The van der Waals surface area contributed by atoms with Crippen LogP contribution in [-0.4, -0.2) is 16.6 Å². The molecule has 1 unspecified atom stereocenters. The van der Waals surface area contributed by atoms with Crippen LogP contribution in [0.4, 0.5) is 10.2 Å². The highest BCUT2D eigenvalue weighted by molar-refractivity contribution is 5.80. The van der Waals surface area contributed by atoms with E-state index in [-0.39, 0.29) is 12.4 Å². The Hall–Kier alpha value is -2.40. The van der Waals surface area contributed by atoms with Crippen molar-refractivity contribution < 1.29 is 13.9 Å². The van der Waals surface area contributed by atoms with E-state index in [4.69, 9.17) is 4.42 Å². The predicted molar refractivity (Wildman–Crippen MR) is 73.9 cm³/mol. The summed E-state index contributed by atoms with van der Waals surface area (Å²) in [4.78, 5) is 4.30. The predicted octanol–water partition coefficient (Wildman–Crippen LogP) is 3.11. The fourth-order valence-corrected chi connectivity index (χ4v) is 1.97. The summed E-state index contributed by atoms with van der Waals surface area (Å²) in [6.07, 6.45) is 0.755. The summed E-state index contributed by atoms with van der Waals surface area (Å²) < 4.78 is 18.3. The number of furan rings is 1. The molecule has 0 saturated heterocycles. The Morgan fingerprint density at radius 2 is 2.10 bits per heavy atom. The van der Waals surface area contributed by atoms with E-state index in [0.717, 1.165) is 5.39 Å². The molecule has 4 nitrogen and oxygen atoms in total. The number of aliphatic hydroxyl groups excluding tert-OH is 1. The van der Waals surface area contributed by atoms with Crippen LogP contribution in [0.3, 0.4) is 0 Å². The van der Waals surface area contributed by atoms with Crippen molar-refractivity contribution in [1.82, 2.24) is 4.98 Å². The number of anilines is 1. The van der Waals surface area contributed by atoms with Crippen LogP contribution in [0, 0.1) is 5.82 Å². The first-order valence-corrected chi connectivity index (χ1v) is 6.24. The summed E-state index contributed by atoms with van der Waals surface area (Å²) in [7, 11) is 0. The van der Waals surface area contributed by atoms with Gasteiger partial charge in [-0.25, -0.2) is 9.37 Å². The number of hydrogen-bond acceptors (Lipinski definition) is 4. The number of hydrogen-bond donors (Lipinski definition) is 2. The van der Waals surface area contributed by atoms with Gasteiger partial charge in [-0.1, -0.05) is 0 Å². The average molecular weight is 272 g/mol. The fourth-order valence-electron chi connectivity index (χ4n) is 1.97. The fraction of sp³-hybridized carbons (Fsp3) is 0.133. The average Bonchev–Trinajstić information content (AvgIpc) is 2.98. The van der Waals surface area contributed by atoms with Gasteiger partial charge in [0, 0.05) is 18.0 Å². The van der Waals surface area contributed by atoms with Crippen LogP contribution in [0.2, 0.25) is 0 Å². The highest BCUT2D eigenvalue weighted by Gasteiger charge is 2.10. The first-order valence-electron chi connectivity index (χ1n) is 6.24. The quantitative estimate of drug-likeness (QED) is 0.766. The number of nitrogens with one attached hydrogen (secondary N) is 1. The number of aromatic nitrogens is 1. The van der Waals surface area contributed by atoms with Crippen LogP contribution in [-0.2, 0) is 0 Å². The molecule has 3 aromatic rings. The molecular formula is C15H13FN2O2. The molecule has 1 atom stereocenters. The molecule has 0 spiro atoms. The van der Waals surface area contributed by atoms with Gasteiger partial charge < -0.3 is 14.8 Å². The minimum Gasteiger partial charge on any atom is -0.467 e. The smallest absolute Gasteiger partial charge is 0.134 e. The number of benzene rings is 1. The highest BCUT2D eigenvalue weighted by atomic mass is 19.1. The summed E-state index contributed by atoms with van der Waals surface area (Å²) in [5.74, 6) is 0.746. The lowest BCUT2D eigenvalue weighted by Crippen LogP contribution is -2.12. The van der Waals surface area contributed by atoms with Gasteiger partial charge in [0.2, 0.25) is 0 Å². The van der Waals surface area contributed by atoms with Crippen molar-refractivity contribution >= 4 is 16.7 Å². The molecule has 0 amide bonds. The standard InChI is InChI=1S/C15H13FN2O2/c16-11-5-3-10-4-6-15(18-12(10)8-11)17-9-13(19)14-2-1-7-20-14/h1-8,13,19H,9H2,(H,17,18). The third-order valence-electron chi connectivity index (χ3n) is 3.00. The molecule has 1 aromatic carbocycles. The van der Waals surface area contributed by atoms with Crippen molar-refractivity contribution in [2.24, 2.45) is 0 Å². The van der Waals surface area contributed by atoms with Crippen molar-refractivity contribution in [3.63, 3.8) is 0 Å². The maximum Gasteiger partial charge on any atom is 0.134 e. The molecule has 5 heteroatoms. The minimum atomic E-state index is -0.755. The summed E-state index contributed by atoms with van der Waals surface area (Å²) in [5, 5.41) is 13.7. The van der Waals surface area contributed by atoms with Gasteiger partial charge in [0.25, 0.3) is 0 Å². The molecule has 0 aliphatic heterocycles. The van der Waals surface area contributed by atoms with E-state index in [0.29, 0.717) is 17.1 Å².